The molecule has 0 aromatic heterocycles. The number of nitrogens with one attached hydrogen (secondary N) is 1. The first-order valence-electron chi connectivity index (χ1n) is 9.86. The van der Waals surface area contributed by atoms with Gasteiger partial charge in [-0.3, -0.25) is 4.79 Å². The molecule has 1 heterocycles. The average molecular weight is 401 g/mol. The Bertz CT molecular complexity index is 861. The summed E-state index contributed by atoms with van der Waals surface area (Å²) in [6.07, 6.45) is 1.94. The van der Waals surface area contributed by atoms with Crippen molar-refractivity contribution in [3.63, 3.8) is 0 Å². The van der Waals surface area contributed by atoms with Crippen LogP contribution in [-0.4, -0.2) is 31.7 Å². The van der Waals surface area contributed by atoms with Gasteiger partial charge in [0, 0.05) is 19.0 Å². The summed E-state index contributed by atoms with van der Waals surface area (Å²) in [7, 11) is -3.35. The number of hydrogen-bond acceptors (Lipinski definition) is 3. The van der Waals surface area contributed by atoms with Crippen LogP contribution in [0.3, 0.4) is 0 Å². The molecule has 1 saturated heterocycles. The van der Waals surface area contributed by atoms with Crippen LogP contribution in [0.2, 0.25) is 0 Å². The molecule has 1 unspecified atom stereocenters. The number of carbonyl (C=O) groups is 1. The number of sulfonamides is 1. The van der Waals surface area contributed by atoms with Crippen LogP contribution in [0.15, 0.2) is 60.7 Å². The maximum absolute atomic E-state index is 12.7. The standard InChI is InChI=1S/C22H28N2O3S/c1-2-21(19-11-7-4-8-12-19)23-22(25)20-13-15-24(16-14-20)28(26,27)17-18-9-5-3-6-10-18/h3-12,20-21H,2,13-17H2,1H3,(H,23,25). The van der Waals surface area contributed by atoms with Crippen LogP contribution >= 0.6 is 0 Å². The molecule has 150 valence electrons. The van der Waals surface area contributed by atoms with Gasteiger partial charge in [0.1, 0.15) is 0 Å². The molecule has 1 aliphatic rings. The van der Waals surface area contributed by atoms with E-state index < -0.39 is 10.0 Å². The van der Waals surface area contributed by atoms with E-state index in [0.717, 1.165) is 17.5 Å². The quantitative estimate of drug-likeness (QED) is 0.774. The molecule has 1 atom stereocenters. The fourth-order valence-electron chi connectivity index (χ4n) is 3.67. The minimum Gasteiger partial charge on any atom is -0.349 e. The van der Waals surface area contributed by atoms with E-state index >= 15 is 0 Å². The van der Waals surface area contributed by atoms with Gasteiger partial charge in [-0.15, -0.1) is 0 Å². The first-order valence-corrected chi connectivity index (χ1v) is 11.5. The maximum Gasteiger partial charge on any atom is 0.223 e. The topological polar surface area (TPSA) is 66.5 Å². The average Bonchev–Trinajstić information content (AvgIpc) is 2.73. The van der Waals surface area contributed by atoms with Crippen molar-refractivity contribution < 1.29 is 13.2 Å². The molecule has 0 radical (unpaired) electrons. The first kappa shape index (κ1) is 20.6. The molecule has 2 aromatic carbocycles. The number of benzene rings is 2. The van der Waals surface area contributed by atoms with E-state index in [1.54, 1.807) is 0 Å². The van der Waals surface area contributed by atoms with Crippen molar-refractivity contribution in [2.75, 3.05) is 13.1 Å². The molecule has 0 bridgehead atoms. The lowest BCUT2D eigenvalue weighted by Gasteiger charge is -2.31. The van der Waals surface area contributed by atoms with Crippen molar-refractivity contribution in [1.82, 2.24) is 9.62 Å². The highest BCUT2D eigenvalue weighted by Gasteiger charge is 2.31. The van der Waals surface area contributed by atoms with Crippen LogP contribution in [-0.2, 0) is 20.6 Å². The fourth-order valence-corrected chi connectivity index (χ4v) is 5.23. The van der Waals surface area contributed by atoms with E-state index in [1.807, 2.05) is 60.7 Å². The van der Waals surface area contributed by atoms with E-state index in [4.69, 9.17) is 0 Å². The molecule has 0 spiro atoms. The molecule has 5 nitrogen and oxygen atoms in total. The molecular formula is C22H28N2O3S. The minimum absolute atomic E-state index is 0.00598. The summed E-state index contributed by atoms with van der Waals surface area (Å²) in [6.45, 7) is 2.85. The molecule has 0 aliphatic carbocycles. The third-order valence-electron chi connectivity index (χ3n) is 5.34. The Balaban J connectivity index is 1.55. The van der Waals surface area contributed by atoms with Gasteiger partial charge in [-0.1, -0.05) is 67.6 Å². The highest BCUT2D eigenvalue weighted by molar-refractivity contribution is 7.88. The van der Waals surface area contributed by atoms with Crippen molar-refractivity contribution in [1.29, 1.82) is 0 Å². The summed E-state index contributed by atoms with van der Waals surface area (Å²) in [4.78, 5) is 12.7. The van der Waals surface area contributed by atoms with Gasteiger partial charge in [-0.05, 0) is 30.4 Å². The van der Waals surface area contributed by atoms with Crippen LogP contribution < -0.4 is 5.32 Å². The number of rotatable bonds is 7. The number of nitrogens with zero attached hydrogens (tertiary/aromatic N) is 1. The number of amides is 1. The van der Waals surface area contributed by atoms with Crippen molar-refractivity contribution in [3.05, 3.63) is 71.8 Å². The van der Waals surface area contributed by atoms with Gasteiger partial charge in [-0.2, -0.15) is 0 Å². The SMILES string of the molecule is CCC(NC(=O)C1CCN(S(=O)(=O)Cc2ccccc2)CC1)c1ccccc1. The lowest BCUT2D eigenvalue weighted by atomic mass is 9.96. The van der Waals surface area contributed by atoms with Gasteiger partial charge < -0.3 is 5.32 Å². The molecule has 28 heavy (non-hydrogen) atoms. The maximum atomic E-state index is 12.7. The lowest BCUT2D eigenvalue weighted by molar-refractivity contribution is -0.126. The van der Waals surface area contributed by atoms with Crippen molar-refractivity contribution in [2.45, 2.75) is 38.0 Å². The van der Waals surface area contributed by atoms with Gasteiger partial charge >= 0.3 is 0 Å². The van der Waals surface area contributed by atoms with E-state index in [-0.39, 0.29) is 23.6 Å². The van der Waals surface area contributed by atoms with E-state index in [0.29, 0.717) is 25.9 Å². The summed E-state index contributed by atoms with van der Waals surface area (Å²) in [6, 6.07) is 19.2. The smallest absolute Gasteiger partial charge is 0.223 e. The Hall–Kier alpha value is -2.18. The fraction of sp³-hybridized carbons (Fsp3) is 0.409. The van der Waals surface area contributed by atoms with Crippen LogP contribution in [0.1, 0.15) is 43.4 Å². The summed E-state index contributed by atoms with van der Waals surface area (Å²) in [5.41, 5.74) is 1.89. The molecule has 1 fully saturated rings. The summed E-state index contributed by atoms with van der Waals surface area (Å²) in [5, 5.41) is 3.14. The Morgan fingerprint density at radius 2 is 1.61 bits per heavy atom. The van der Waals surface area contributed by atoms with Crippen LogP contribution in [0.25, 0.3) is 0 Å². The molecule has 1 amide bonds. The van der Waals surface area contributed by atoms with E-state index in [9.17, 15) is 13.2 Å². The van der Waals surface area contributed by atoms with Gasteiger partial charge in [0.2, 0.25) is 15.9 Å². The molecule has 1 N–H and O–H groups in total. The van der Waals surface area contributed by atoms with Gasteiger partial charge in [0.15, 0.2) is 0 Å². The van der Waals surface area contributed by atoms with Gasteiger partial charge in [-0.25, -0.2) is 12.7 Å². The third kappa shape index (κ3) is 5.20. The number of piperidine rings is 1. The van der Waals surface area contributed by atoms with Crippen LogP contribution in [0.4, 0.5) is 0 Å². The molecule has 3 rings (SSSR count). The molecule has 2 aromatic rings. The molecule has 1 aliphatic heterocycles. The largest absolute Gasteiger partial charge is 0.349 e. The number of carbonyl (C=O) groups excluding carboxylic acids is 1. The highest BCUT2D eigenvalue weighted by atomic mass is 32.2. The first-order chi connectivity index (χ1) is 13.5. The monoisotopic (exact) mass is 400 g/mol. The molecule has 6 heteroatoms. The lowest BCUT2D eigenvalue weighted by Crippen LogP contribution is -2.44. The Kier molecular flexibility index (Phi) is 6.86. The zero-order chi connectivity index (χ0) is 20.0. The Morgan fingerprint density at radius 1 is 1.04 bits per heavy atom. The Morgan fingerprint density at radius 3 is 2.18 bits per heavy atom. The number of hydrogen-bond donors (Lipinski definition) is 1. The van der Waals surface area contributed by atoms with Gasteiger partial charge in [0.05, 0.1) is 11.8 Å². The second kappa shape index (κ2) is 9.34. The summed E-state index contributed by atoms with van der Waals surface area (Å²) >= 11 is 0. The molecule has 0 saturated carbocycles. The zero-order valence-corrected chi connectivity index (χ0v) is 17.1. The normalized spacial score (nSPS) is 17.2. The predicted molar refractivity (Wildman–Crippen MR) is 111 cm³/mol. The second-order valence-electron chi connectivity index (χ2n) is 7.30. The zero-order valence-electron chi connectivity index (χ0n) is 16.3. The summed E-state index contributed by atoms with van der Waals surface area (Å²) in [5.74, 6) is -0.104. The van der Waals surface area contributed by atoms with Crippen LogP contribution in [0, 0.1) is 5.92 Å². The minimum atomic E-state index is -3.35. The molecular weight excluding hydrogens is 372 g/mol. The van der Waals surface area contributed by atoms with Crippen molar-refractivity contribution >= 4 is 15.9 Å². The van der Waals surface area contributed by atoms with E-state index in [2.05, 4.69) is 12.2 Å². The van der Waals surface area contributed by atoms with Crippen molar-refractivity contribution in [3.8, 4) is 0 Å². The van der Waals surface area contributed by atoms with Crippen molar-refractivity contribution in [2.24, 2.45) is 5.92 Å². The predicted octanol–water partition coefficient (Wildman–Crippen LogP) is 3.50. The third-order valence-corrected chi connectivity index (χ3v) is 7.19. The Labute approximate surface area is 167 Å². The van der Waals surface area contributed by atoms with Gasteiger partial charge in [0.25, 0.3) is 0 Å². The van der Waals surface area contributed by atoms with Crippen LogP contribution in [0.5, 0.6) is 0 Å². The summed E-state index contributed by atoms with van der Waals surface area (Å²) < 4.78 is 26.9. The highest BCUT2D eigenvalue weighted by Crippen LogP contribution is 2.24. The van der Waals surface area contributed by atoms with E-state index in [1.165, 1.54) is 4.31 Å². The second-order valence-corrected chi connectivity index (χ2v) is 9.26.